The van der Waals surface area contributed by atoms with Gasteiger partial charge in [0.1, 0.15) is 5.75 Å². The monoisotopic (exact) mass is 398 g/mol. The van der Waals surface area contributed by atoms with Crippen LogP contribution in [0.15, 0.2) is 36.4 Å². The van der Waals surface area contributed by atoms with E-state index < -0.39 is 5.92 Å². The predicted molar refractivity (Wildman–Crippen MR) is 110 cm³/mol. The number of carbonyl (C=O) groups excluding carboxylic acids is 2. The highest BCUT2D eigenvalue weighted by molar-refractivity contribution is 6.01. The van der Waals surface area contributed by atoms with Gasteiger partial charge in [0.2, 0.25) is 11.8 Å². The largest absolute Gasteiger partial charge is 0.495 e. The molecule has 0 bridgehead atoms. The van der Waals surface area contributed by atoms with E-state index in [0.29, 0.717) is 36.0 Å². The summed E-state index contributed by atoms with van der Waals surface area (Å²) in [4.78, 5) is 26.9. The van der Waals surface area contributed by atoms with Crippen molar-refractivity contribution >= 4 is 17.5 Å². The Kier molecular flexibility index (Phi) is 6.26. The van der Waals surface area contributed by atoms with Crippen LogP contribution >= 0.6 is 0 Å². The number of hydrogen-bond donors (Lipinski definition) is 1. The van der Waals surface area contributed by atoms with E-state index in [1.54, 1.807) is 32.3 Å². The molecule has 29 heavy (non-hydrogen) atoms. The highest BCUT2D eigenvalue weighted by atomic mass is 16.5. The van der Waals surface area contributed by atoms with Crippen LogP contribution in [0.4, 0.5) is 5.69 Å². The molecule has 7 heteroatoms. The van der Waals surface area contributed by atoms with Gasteiger partial charge in [-0.15, -0.1) is 0 Å². The van der Waals surface area contributed by atoms with Crippen LogP contribution in [-0.4, -0.2) is 39.7 Å². The Morgan fingerprint density at radius 2 is 1.72 bits per heavy atom. The minimum atomic E-state index is -0.409. The Balaban J connectivity index is 1.66. The van der Waals surface area contributed by atoms with Gasteiger partial charge in [-0.25, -0.2) is 0 Å². The van der Waals surface area contributed by atoms with E-state index in [1.807, 2.05) is 37.3 Å². The number of hydrogen-bond acceptors (Lipinski definition) is 5. The molecule has 2 aromatic carbocycles. The molecule has 0 radical (unpaired) electrons. The van der Waals surface area contributed by atoms with Gasteiger partial charge in [-0.1, -0.05) is 12.1 Å². The summed E-state index contributed by atoms with van der Waals surface area (Å²) in [6.07, 6.45) is 0.175. The van der Waals surface area contributed by atoms with Gasteiger partial charge in [-0.3, -0.25) is 9.59 Å². The molecule has 1 atom stereocenters. The average Bonchev–Trinajstić information content (AvgIpc) is 3.13. The predicted octanol–water partition coefficient (Wildman–Crippen LogP) is 2.69. The lowest BCUT2D eigenvalue weighted by Gasteiger charge is -2.20. The van der Waals surface area contributed by atoms with E-state index >= 15 is 0 Å². The van der Waals surface area contributed by atoms with E-state index in [1.165, 1.54) is 0 Å². The van der Waals surface area contributed by atoms with Crippen LogP contribution in [0.5, 0.6) is 17.2 Å². The van der Waals surface area contributed by atoms with E-state index in [9.17, 15) is 9.59 Å². The molecule has 1 aliphatic heterocycles. The molecular formula is C22H26N2O5. The van der Waals surface area contributed by atoms with Crippen molar-refractivity contribution in [3.05, 3.63) is 47.5 Å². The molecule has 154 valence electrons. The van der Waals surface area contributed by atoms with Crippen molar-refractivity contribution in [2.45, 2.75) is 19.9 Å². The third-order valence-corrected chi connectivity index (χ3v) is 5.04. The summed E-state index contributed by atoms with van der Waals surface area (Å²) in [5.74, 6) is 1.21. The Morgan fingerprint density at radius 1 is 1.03 bits per heavy atom. The zero-order valence-corrected chi connectivity index (χ0v) is 17.2. The Hall–Kier alpha value is -3.22. The number of nitrogens with zero attached hydrogens (tertiary/aromatic N) is 1. The summed E-state index contributed by atoms with van der Waals surface area (Å²) in [5, 5.41) is 2.92. The standard InChI is InChI=1S/C22H26N2O5/c1-14-5-7-18(27-2)17(9-14)24-13-16(11-21(24)25)22(26)23-12-15-6-8-19(28-3)20(10-15)29-4/h5-10,16H,11-13H2,1-4H3,(H,23,26). The third kappa shape index (κ3) is 4.45. The third-order valence-electron chi connectivity index (χ3n) is 5.04. The Labute approximate surface area is 170 Å². The van der Waals surface area contributed by atoms with Gasteiger partial charge < -0.3 is 24.4 Å². The molecule has 1 saturated heterocycles. The SMILES string of the molecule is COc1ccc(CNC(=O)C2CC(=O)N(c3cc(C)ccc3OC)C2)cc1OC. The van der Waals surface area contributed by atoms with Crippen molar-refractivity contribution in [1.29, 1.82) is 0 Å². The highest BCUT2D eigenvalue weighted by Gasteiger charge is 2.36. The summed E-state index contributed by atoms with van der Waals surface area (Å²) in [7, 11) is 4.71. The minimum absolute atomic E-state index is 0.0832. The lowest BCUT2D eigenvalue weighted by Crippen LogP contribution is -2.32. The second kappa shape index (κ2) is 8.86. The van der Waals surface area contributed by atoms with Crippen molar-refractivity contribution in [2.75, 3.05) is 32.8 Å². The van der Waals surface area contributed by atoms with Gasteiger partial charge >= 0.3 is 0 Å². The van der Waals surface area contributed by atoms with E-state index in [4.69, 9.17) is 14.2 Å². The van der Waals surface area contributed by atoms with Crippen molar-refractivity contribution in [2.24, 2.45) is 5.92 Å². The number of amides is 2. The van der Waals surface area contributed by atoms with E-state index in [-0.39, 0.29) is 18.2 Å². The number of benzene rings is 2. The number of methoxy groups -OCH3 is 3. The zero-order valence-electron chi connectivity index (χ0n) is 17.2. The normalized spacial score (nSPS) is 15.9. The first-order chi connectivity index (χ1) is 14.0. The summed E-state index contributed by atoms with van der Waals surface area (Å²) < 4.78 is 15.9. The minimum Gasteiger partial charge on any atom is -0.495 e. The average molecular weight is 398 g/mol. The molecule has 1 unspecified atom stereocenters. The maximum Gasteiger partial charge on any atom is 0.227 e. The number of anilines is 1. The summed E-state index contributed by atoms with van der Waals surface area (Å²) >= 11 is 0. The molecule has 1 heterocycles. The van der Waals surface area contributed by atoms with Crippen LogP contribution in [0, 0.1) is 12.8 Å². The molecule has 0 aromatic heterocycles. The number of ether oxygens (including phenoxy) is 3. The molecule has 7 nitrogen and oxygen atoms in total. The van der Waals surface area contributed by atoms with Crippen molar-refractivity contribution in [1.82, 2.24) is 5.32 Å². The molecular weight excluding hydrogens is 372 g/mol. The lowest BCUT2D eigenvalue weighted by molar-refractivity contribution is -0.126. The van der Waals surface area contributed by atoms with Gasteiger partial charge in [0, 0.05) is 19.5 Å². The molecule has 0 saturated carbocycles. The molecule has 1 N–H and O–H groups in total. The first kappa shape index (κ1) is 20.5. The van der Waals surface area contributed by atoms with Gasteiger partial charge in [0.05, 0.1) is 32.9 Å². The molecule has 1 aliphatic rings. The fourth-order valence-corrected chi connectivity index (χ4v) is 3.45. The van der Waals surface area contributed by atoms with E-state index in [0.717, 1.165) is 11.1 Å². The smallest absolute Gasteiger partial charge is 0.227 e. The van der Waals surface area contributed by atoms with Crippen LogP contribution in [0.25, 0.3) is 0 Å². The van der Waals surface area contributed by atoms with Crippen LogP contribution in [0.1, 0.15) is 17.5 Å². The van der Waals surface area contributed by atoms with Crippen molar-refractivity contribution in [3.8, 4) is 17.2 Å². The maximum atomic E-state index is 12.7. The topological polar surface area (TPSA) is 77.1 Å². The zero-order chi connectivity index (χ0) is 21.0. The van der Waals surface area contributed by atoms with Crippen LogP contribution in [0.3, 0.4) is 0 Å². The van der Waals surface area contributed by atoms with Crippen LogP contribution in [0.2, 0.25) is 0 Å². The number of carbonyl (C=O) groups is 2. The second-order valence-corrected chi connectivity index (χ2v) is 6.99. The summed E-state index contributed by atoms with van der Waals surface area (Å²) in [6, 6.07) is 11.2. The number of nitrogens with one attached hydrogen (secondary N) is 1. The summed E-state index contributed by atoms with van der Waals surface area (Å²) in [5.41, 5.74) is 2.61. The van der Waals surface area contributed by atoms with Gasteiger partial charge in [0.15, 0.2) is 11.5 Å². The van der Waals surface area contributed by atoms with Gasteiger partial charge in [-0.05, 0) is 42.3 Å². The molecule has 2 aromatic rings. The first-order valence-corrected chi connectivity index (χ1v) is 9.40. The fourth-order valence-electron chi connectivity index (χ4n) is 3.45. The van der Waals surface area contributed by atoms with Crippen LogP contribution < -0.4 is 24.4 Å². The fraction of sp³-hybridized carbons (Fsp3) is 0.364. The molecule has 1 fully saturated rings. The highest BCUT2D eigenvalue weighted by Crippen LogP contribution is 2.34. The second-order valence-electron chi connectivity index (χ2n) is 6.99. The van der Waals surface area contributed by atoms with Gasteiger partial charge in [-0.2, -0.15) is 0 Å². The molecule has 2 amide bonds. The molecule has 0 spiro atoms. The van der Waals surface area contributed by atoms with E-state index in [2.05, 4.69) is 5.32 Å². The summed E-state index contributed by atoms with van der Waals surface area (Å²) in [6.45, 7) is 2.63. The van der Waals surface area contributed by atoms with Crippen LogP contribution in [-0.2, 0) is 16.1 Å². The molecule has 0 aliphatic carbocycles. The maximum absolute atomic E-state index is 12.7. The van der Waals surface area contributed by atoms with Crippen molar-refractivity contribution < 1.29 is 23.8 Å². The first-order valence-electron chi connectivity index (χ1n) is 9.40. The quantitative estimate of drug-likeness (QED) is 0.776. The molecule has 3 rings (SSSR count). The lowest BCUT2D eigenvalue weighted by atomic mass is 10.1. The Morgan fingerprint density at radius 3 is 2.41 bits per heavy atom. The van der Waals surface area contributed by atoms with Crippen molar-refractivity contribution in [3.63, 3.8) is 0 Å². The van der Waals surface area contributed by atoms with Gasteiger partial charge in [0.25, 0.3) is 0 Å². The number of rotatable bonds is 7. The number of aryl methyl sites for hydroxylation is 1. The Bertz CT molecular complexity index is 912.